The molecule has 0 aliphatic rings. The number of benzene rings is 2. The third-order valence-corrected chi connectivity index (χ3v) is 5.88. The molecule has 0 bridgehead atoms. The summed E-state index contributed by atoms with van der Waals surface area (Å²) in [6.07, 6.45) is 0. The fourth-order valence-electron chi connectivity index (χ4n) is 4.01. The van der Waals surface area contributed by atoms with Crippen LogP contribution in [0.2, 0.25) is 0 Å². The van der Waals surface area contributed by atoms with Crippen LogP contribution in [0.1, 0.15) is 36.8 Å². The molecule has 2 aromatic heterocycles. The van der Waals surface area contributed by atoms with Crippen LogP contribution in [-0.4, -0.2) is 39.2 Å². The average Bonchev–Trinajstić information content (AvgIpc) is 3.23. The molecule has 0 spiro atoms. The van der Waals surface area contributed by atoms with Crippen molar-refractivity contribution in [1.29, 1.82) is 0 Å². The minimum absolute atomic E-state index is 0.271. The molecule has 4 rings (SSSR count). The number of hydrogen-bond donors (Lipinski definition) is 1. The van der Waals surface area contributed by atoms with E-state index >= 15 is 0 Å². The third-order valence-electron chi connectivity index (χ3n) is 5.88. The fourth-order valence-corrected chi connectivity index (χ4v) is 4.01. The Labute approximate surface area is 203 Å². The van der Waals surface area contributed by atoms with Crippen molar-refractivity contribution in [2.24, 2.45) is 0 Å². The van der Waals surface area contributed by atoms with Crippen molar-refractivity contribution in [2.45, 2.75) is 40.3 Å². The van der Waals surface area contributed by atoms with Gasteiger partial charge in [-0.2, -0.15) is 10.2 Å². The second-order valence-electron chi connectivity index (χ2n) is 8.20. The highest BCUT2D eigenvalue weighted by atomic mass is 16.5. The number of carbonyl (C=O) groups excluding carboxylic acids is 1. The summed E-state index contributed by atoms with van der Waals surface area (Å²) in [6, 6.07) is 14.3. The predicted molar refractivity (Wildman–Crippen MR) is 133 cm³/mol. The van der Waals surface area contributed by atoms with Gasteiger partial charge in [0.05, 0.1) is 36.2 Å². The lowest BCUT2D eigenvalue weighted by atomic mass is 10.2. The molecule has 0 aliphatic heterocycles. The normalized spacial score (nSPS) is 11.9. The lowest BCUT2D eigenvalue weighted by molar-refractivity contribution is -0.124. The molecule has 1 atom stereocenters. The molecule has 2 aromatic carbocycles. The molecule has 1 N–H and O–H groups in total. The number of para-hydroxylation sites is 1. The quantitative estimate of drug-likeness (QED) is 0.419. The van der Waals surface area contributed by atoms with E-state index < -0.39 is 6.04 Å². The first-order chi connectivity index (χ1) is 16.8. The van der Waals surface area contributed by atoms with Gasteiger partial charge in [0.25, 0.3) is 5.56 Å². The number of carbonyl (C=O) groups is 1. The van der Waals surface area contributed by atoms with Crippen molar-refractivity contribution < 1.29 is 14.3 Å². The van der Waals surface area contributed by atoms with Crippen LogP contribution in [0, 0.1) is 13.8 Å². The maximum absolute atomic E-state index is 13.4. The van der Waals surface area contributed by atoms with Crippen LogP contribution in [0.25, 0.3) is 16.6 Å². The largest absolute Gasteiger partial charge is 0.493 e. The van der Waals surface area contributed by atoms with Crippen molar-refractivity contribution in [3.8, 4) is 17.2 Å². The molecule has 0 fully saturated rings. The highest BCUT2D eigenvalue weighted by Gasteiger charge is 2.23. The monoisotopic (exact) mass is 475 g/mol. The Morgan fingerprint density at radius 3 is 2.51 bits per heavy atom. The van der Waals surface area contributed by atoms with Crippen LogP contribution in [0.4, 0.5) is 0 Å². The maximum Gasteiger partial charge on any atom is 0.278 e. The Balaban J connectivity index is 1.59. The molecule has 182 valence electrons. The number of aryl methyl sites for hydroxylation is 2. The van der Waals surface area contributed by atoms with Gasteiger partial charge in [0, 0.05) is 6.54 Å². The van der Waals surface area contributed by atoms with Gasteiger partial charge < -0.3 is 14.8 Å². The number of methoxy groups -OCH3 is 1. The van der Waals surface area contributed by atoms with Gasteiger partial charge in [0.2, 0.25) is 5.91 Å². The zero-order valence-corrected chi connectivity index (χ0v) is 20.5. The molecule has 1 unspecified atom stereocenters. The van der Waals surface area contributed by atoms with Gasteiger partial charge in [-0.3, -0.25) is 9.59 Å². The number of rotatable bonds is 8. The number of nitrogens with one attached hydrogen (secondary N) is 1. The molecule has 4 aromatic rings. The van der Waals surface area contributed by atoms with Crippen molar-refractivity contribution >= 4 is 16.8 Å². The van der Waals surface area contributed by atoms with Crippen LogP contribution >= 0.6 is 0 Å². The second-order valence-corrected chi connectivity index (χ2v) is 8.20. The summed E-state index contributed by atoms with van der Waals surface area (Å²) in [7, 11) is 1.57. The SMILES string of the molecule is CCOc1ccc(CNC(=O)C(C)n2nc(C)c3nn(-c4ccccc4)c(C)c3c2=O)cc1OC. The van der Waals surface area contributed by atoms with Gasteiger partial charge in [-0.05, 0) is 57.5 Å². The number of amides is 1. The van der Waals surface area contributed by atoms with E-state index in [0.29, 0.717) is 40.4 Å². The van der Waals surface area contributed by atoms with Gasteiger partial charge >= 0.3 is 0 Å². The Bertz CT molecular complexity index is 1430. The Morgan fingerprint density at radius 1 is 1.09 bits per heavy atom. The Kier molecular flexibility index (Phi) is 6.86. The Hall–Kier alpha value is -4.14. The maximum atomic E-state index is 13.4. The highest BCUT2D eigenvalue weighted by molar-refractivity contribution is 5.84. The van der Waals surface area contributed by atoms with Crippen molar-refractivity contribution in [3.63, 3.8) is 0 Å². The van der Waals surface area contributed by atoms with Crippen molar-refractivity contribution in [2.75, 3.05) is 13.7 Å². The summed E-state index contributed by atoms with van der Waals surface area (Å²) in [5.74, 6) is 0.917. The molecule has 0 radical (unpaired) electrons. The summed E-state index contributed by atoms with van der Waals surface area (Å²) >= 11 is 0. The lowest BCUT2D eigenvalue weighted by Crippen LogP contribution is -2.37. The van der Waals surface area contributed by atoms with Gasteiger partial charge in [-0.25, -0.2) is 9.36 Å². The van der Waals surface area contributed by atoms with E-state index in [1.54, 1.807) is 25.6 Å². The molecule has 35 heavy (non-hydrogen) atoms. The minimum Gasteiger partial charge on any atom is -0.493 e. The molecular weight excluding hydrogens is 446 g/mol. The first-order valence-electron chi connectivity index (χ1n) is 11.5. The molecule has 0 saturated carbocycles. The molecule has 0 aliphatic carbocycles. The molecule has 9 heteroatoms. The number of ether oxygens (including phenoxy) is 2. The number of aromatic nitrogens is 4. The van der Waals surface area contributed by atoms with Crippen LogP contribution in [-0.2, 0) is 11.3 Å². The number of nitrogens with zero attached hydrogens (tertiary/aromatic N) is 4. The summed E-state index contributed by atoms with van der Waals surface area (Å²) in [5, 5.41) is 12.4. The topological polar surface area (TPSA) is 100 Å². The molecule has 0 saturated heterocycles. The highest BCUT2D eigenvalue weighted by Crippen LogP contribution is 2.28. The lowest BCUT2D eigenvalue weighted by Gasteiger charge is -2.16. The predicted octanol–water partition coefficient (Wildman–Crippen LogP) is 3.48. The standard InChI is InChI=1S/C26H29N5O4/c1-6-35-21-13-12-19(14-22(21)34-5)15-27-25(32)18(4)31-26(33)23-17(3)30(20-10-8-7-9-11-20)29-24(23)16(2)28-31/h7-14,18H,6,15H2,1-5H3,(H,27,32). The van der Waals surface area contributed by atoms with E-state index in [0.717, 1.165) is 11.3 Å². The number of fused-ring (bicyclic) bond motifs is 1. The minimum atomic E-state index is -0.810. The van der Waals surface area contributed by atoms with Crippen LogP contribution in [0.5, 0.6) is 11.5 Å². The summed E-state index contributed by atoms with van der Waals surface area (Å²) in [5.41, 5.74) is 3.15. The first-order valence-corrected chi connectivity index (χ1v) is 11.5. The molecule has 2 heterocycles. The zero-order chi connectivity index (χ0) is 25.1. The fraction of sp³-hybridized carbons (Fsp3) is 0.308. The number of hydrogen-bond acceptors (Lipinski definition) is 6. The zero-order valence-electron chi connectivity index (χ0n) is 20.5. The smallest absolute Gasteiger partial charge is 0.278 e. The third kappa shape index (κ3) is 4.62. The van der Waals surface area contributed by atoms with E-state index in [1.165, 1.54) is 4.68 Å². The Morgan fingerprint density at radius 2 is 1.83 bits per heavy atom. The van der Waals surface area contributed by atoms with E-state index in [1.807, 2.05) is 62.4 Å². The van der Waals surface area contributed by atoms with Gasteiger partial charge in [-0.1, -0.05) is 24.3 Å². The van der Waals surface area contributed by atoms with E-state index in [-0.39, 0.29) is 18.0 Å². The van der Waals surface area contributed by atoms with Gasteiger partial charge in [0.1, 0.15) is 11.6 Å². The van der Waals surface area contributed by atoms with E-state index in [9.17, 15) is 9.59 Å². The molecule has 1 amide bonds. The van der Waals surface area contributed by atoms with Crippen LogP contribution in [0.15, 0.2) is 53.3 Å². The average molecular weight is 476 g/mol. The summed E-state index contributed by atoms with van der Waals surface area (Å²) in [6.45, 7) is 7.99. The molecule has 9 nitrogen and oxygen atoms in total. The molecular formula is C26H29N5O4. The van der Waals surface area contributed by atoms with Crippen molar-refractivity contribution in [1.82, 2.24) is 24.9 Å². The van der Waals surface area contributed by atoms with Gasteiger partial charge in [0.15, 0.2) is 11.5 Å². The first kappa shape index (κ1) is 24.0. The van der Waals surface area contributed by atoms with Gasteiger partial charge in [-0.15, -0.1) is 0 Å². The summed E-state index contributed by atoms with van der Waals surface area (Å²) in [4.78, 5) is 26.3. The van der Waals surface area contributed by atoms with E-state index in [4.69, 9.17) is 9.47 Å². The van der Waals surface area contributed by atoms with Crippen molar-refractivity contribution in [3.05, 3.63) is 75.8 Å². The van der Waals surface area contributed by atoms with E-state index in [2.05, 4.69) is 15.5 Å². The van der Waals surface area contributed by atoms with Crippen LogP contribution < -0.4 is 20.3 Å². The second kappa shape index (κ2) is 10.0. The van der Waals surface area contributed by atoms with Crippen LogP contribution in [0.3, 0.4) is 0 Å². The summed E-state index contributed by atoms with van der Waals surface area (Å²) < 4.78 is 13.9.